The predicted octanol–water partition coefficient (Wildman–Crippen LogP) is 2.45. The largest absolute Gasteiger partial charge is 0.357 e. The van der Waals surface area contributed by atoms with Crippen molar-refractivity contribution in [3.63, 3.8) is 0 Å². The number of piperidine rings is 1. The van der Waals surface area contributed by atoms with Crippen molar-refractivity contribution in [2.45, 2.75) is 19.8 Å². The van der Waals surface area contributed by atoms with Crippen LogP contribution in [0.5, 0.6) is 0 Å². The highest BCUT2D eigenvalue weighted by Crippen LogP contribution is 2.19. The van der Waals surface area contributed by atoms with E-state index in [0.29, 0.717) is 0 Å². The zero-order chi connectivity index (χ0) is 9.68. The normalized spacial score (nSPS) is 20.1. The summed E-state index contributed by atoms with van der Waals surface area (Å²) in [6, 6.07) is 0. The summed E-state index contributed by atoms with van der Waals surface area (Å²) in [5.74, 6) is 1.81. The zero-order valence-electron chi connectivity index (χ0n) is 8.37. The molecule has 1 saturated heterocycles. The van der Waals surface area contributed by atoms with Crippen LogP contribution < -0.4 is 0 Å². The lowest BCUT2D eigenvalue weighted by atomic mass is 9.99. The first-order valence-electron chi connectivity index (χ1n) is 4.82. The van der Waals surface area contributed by atoms with Gasteiger partial charge in [0, 0.05) is 13.1 Å². The van der Waals surface area contributed by atoms with Crippen molar-refractivity contribution in [3.8, 4) is 0 Å². The fourth-order valence-corrected chi connectivity index (χ4v) is 1.60. The Hall–Kier alpha value is -1.05. The monoisotopic (exact) mass is 178 g/mol. The van der Waals surface area contributed by atoms with Crippen LogP contribution in [0, 0.1) is 5.92 Å². The average molecular weight is 178 g/mol. The van der Waals surface area contributed by atoms with Gasteiger partial charge in [-0.2, -0.15) is 0 Å². The first-order chi connectivity index (χ1) is 6.27. The third-order valence-corrected chi connectivity index (χ3v) is 2.54. The molecule has 2 nitrogen and oxygen atoms in total. The fourth-order valence-electron chi connectivity index (χ4n) is 1.60. The lowest BCUT2D eigenvalue weighted by Gasteiger charge is -2.31. The fraction of sp³-hybridized carbons (Fsp3) is 0.545. The van der Waals surface area contributed by atoms with Gasteiger partial charge in [-0.3, -0.25) is 0 Å². The molecule has 0 aromatic carbocycles. The maximum absolute atomic E-state index is 3.99. The molecule has 1 fully saturated rings. The van der Waals surface area contributed by atoms with Crippen molar-refractivity contribution in [1.82, 2.24) is 4.90 Å². The van der Waals surface area contributed by atoms with Crippen LogP contribution in [0.4, 0.5) is 0 Å². The molecule has 0 amide bonds. The average Bonchev–Trinajstić information content (AvgIpc) is 2.16. The van der Waals surface area contributed by atoms with Gasteiger partial charge in [-0.15, -0.1) is 0 Å². The summed E-state index contributed by atoms with van der Waals surface area (Å²) >= 11 is 0. The molecule has 1 heterocycles. The predicted molar refractivity (Wildman–Crippen MR) is 57.8 cm³/mol. The van der Waals surface area contributed by atoms with E-state index in [2.05, 4.69) is 30.1 Å². The first-order valence-corrected chi connectivity index (χ1v) is 4.82. The third-order valence-electron chi connectivity index (χ3n) is 2.54. The summed E-state index contributed by atoms with van der Waals surface area (Å²) in [5.41, 5.74) is 0. The minimum Gasteiger partial charge on any atom is -0.357 e. The van der Waals surface area contributed by atoms with Gasteiger partial charge < -0.3 is 4.90 Å². The van der Waals surface area contributed by atoms with Gasteiger partial charge in [0.25, 0.3) is 0 Å². The van der Waals surface area contributed by atoms with Crippen molar-refractivity contribution >= 4 is 6.72 Å². The molecule has 0 spiro atoms. The molecule has 0 N–H and O–H groups in total. The Morgan fingerprint density at radius 3 is 2.54 bits per heavy atom. The minimum absolute atomic E-state index is 0.853. The van der Waals surface area contributed by atoms with Gasteiger partial charge in [0.2, 0.25) is 0 Å². The number of allylic oxidation sites excluding steroid dienone is 2. The van der Waals surface area contributed by atoms with E-state index in [1.165, 1.54) is 12.8 Å². The van der Waals surface area contributed by atoms with Crippen LogP contribution in [0.2, 0.25) is 0 Å². The molecule has 0 aromatic rings. The quantitative estimate of drug-likeness (QED) is 0.479. The number of likely N-dealkylation sites (tertiary alicyclic amines) is 1. The van der Waals surface area contributed by atoms with E-state index in [1.807, 2.05) is 6.08 Å². The smallest absolute Gasteiger partial charge is 0.127 e. The van der Waals surface area contributed by atoms with Crippen LogP contribution in [0.1, 0.15) is 19.8 Å². The van der Waals surface area contributed by atoms with E-state index in [-0.39, 0.29) is 0 Å². The Morgan fingerprint density at radius 2 is 2.08 bits per heavy atom. The summed E-state index contributed by atoms with van der Waals surface area (Å²) in [6.45, 7) is 11.7. The summed E-state index contributed by atoms with van der Waals surface area (Å²) in [5, 5.41) is 0. The summed E-state index contributed by atoms with van der Waals surface area (Å²) in [4.78, 5) is 6.26. The molecule has 1 aliphatic heterocycles. The van der Waals surface area contributed by atoms with Crippen molar-refractivity contribution in [2.24, 2.45) is 10.9 Å². The number of hydrogen-bond donors (Lipinski definition) is 0. The molecular weight excluding hydrogens is 160 g/mol. The highest BCUT2D eigenvalue weighted by atomic mass is 15.2. The van der Waals surface area contributed by atoms with Gasteiger partial charge in [-0.1, -0.05) is 19.6 Å². The minimum atomic E-state index is 0.853. The maximum atomic E-state index is 3.99. The van der Waals surface area contributed by atoms with Gasteiger partial charge >= 0.3 is 0 Å². The summed E-state index contributed by atoms with van der Waals surface area (Å²) < 4.78 is 0. The molecule has 0 bridgehead atoms. The second-order valence-corrected chi connectivity index (χ2v) is 3.59. The molecule has 0 aromatic heterocycles. The van der Waals surface area contributed by atoms with E-state index < -0.39 is 0 Å². The molecule has 0 saturated carbocycles. The van der Waals surface area contributed by atoms with Gasteiger partial charge in [0.15, 0.2) is 0 Å². The van der Waals surface area contributed by atoms with Gasteiger partial charge in [-0.05, 0) is 31.6 Å². The number of hydrogen-bond acceptors (Lipinski definition) is 2. The molecular formula is C11H18N2. The van der Waals surface area contributed by atoms with Crippen molar-refractivity contribution < 1.29 is 0 Å². The van der Waals surface area contributed by atoms with Gasteiger partial charge in [-0.25, -0.2) is 4.99 Å². The lowest BCUT2D eigenvalue weighted by Crippen LogP contribution is -2.31. The van der Waals surface area contributed by atoms with Gasteiger partial charge in [0.1, 0.15) is 5.82 Å². The maximum Gasteiger partial charge on any atom is 0.127 e. The van der Waals surface area contributed by atoms with Crippen molar-refractivity contribution in [2.75, 3.05) is 13.1 Å². The topological polar surface area (TPSA) is 15.6 Å². The van der Waals surface area contributed by atoms with Crippen LogP contribution in [-0.2, 0) is 0 Å². The highest BCUT2D eigenvalue weighted by molar-refractivity contribution is 5.29. The molecule has 0 aliphatic carbocycles. The van der Waals surface area contributed by atoms with Crippen LogP contribution in [0.15, 0.2) is 29.5 Å². The van der Waals surface area contributed by atoms with Crippen LogP contribution in [-0.4, -0.2) is 24.7 Å². The van der Waals surface area contributed by atoms with Crippen LogP contribution >= 0.6 is 0 Å². The van der Waals surface area contributed by atoms with Crippen LogP contribution in [0.3, 0.4) is 0 Å². The standard InChI is InChI=1S/C11H18N2/c1-4-5-11(12-3)13-8-6-10(2)7-9-13/h4-5,10H,1,3,6-9H2,2H3/b11-5+. The molecule has 0 radical (unpaired) electrons. The highest BCUT2D eigenvalue weighted by Gasteiger charge is 2.16. The third kappa shape index (κ3) is 2.72. The number of rotatable bonds is 3. The molecule has 1 rings (SSSR count). The molecule has 1 aliphatic rings. The summed E-state index contributed by atoms with van der Waals surface area (Å²) in [6.07, 6.45) is 6.19. The molecule has 2 heteroatoms. The van der Waals surface area contributed by atoms with E-state index in [0.717, 1.165) is 24.8 Å². The van der Waals surface area contributed by atoms with E-state index >= 15 is 0 Å². The Labute approximate surface area is 80.7 Å². The SMILES string of the molecule is C=C/C=C(\N=C)N1CCC(C)CC1. The first kappa shape index (κ1) is 10.0. The van der Waals surface area contributed by atoms with E-state index in [1.54, 1.807) is 6.08 Å². The Balaban J connectivity index is 2.56. The Morgan fingerprint density at radius 1 is 1.46 bits per heavy atom. The lowest BCUT2D eigenvalue weighted by molar-refractivity contribution is 0.236. The molecule has 72 valence electrons. The van der Waals surface area contributed by atoms with Crippen LogP contribution in [0.25, 0.3) is 0 Å². The van der Waals surface area contributed by atoms with E-state index in [9.17, 15) is 0 Å². The second-order valence-electron chi connectivity index (χ2n) is 3.59. The molecule has 0 unspecified atom stereocenters. The number of nitrogens with zero attached hydrogens (tertiary/aromatic N) is 2. The number of aliphatic imine (C=N–C) groups is 1. The Bertz CT molecular complexity index is 210. The van der Waals surface area contributed by atoms with Crippen molar-refractivity contribution in [3.05, 3.63) is 24.6 Å². The van der Waals surface area contributed by atoms with E-state index in [4.69, 9.17) is 0 Å². The molecule has 0 atom stereocenters. The molecule has 13 heavy (non-hydrogen) atoms. The van der Waals surface area contributed by atoms with Gasteiger partial charge in [0.05, 0.1) is 0 Å². The zero-order valence-corrected chi connectivity index (χ0v) is 8.37. The second kappa shape index (κ2) is 4.85. The summed E-state index contributed by atoms with van der Waals surface area (Å²) in [7, 11) is 0. The van der Waals surface area contributed by atoms with Crippen molar-refractivity contribution in [1.29, 1.82) is 0 Å². The Kier molecular flexibility index (Phi) is 3.74.